The molecule has 3 heterocycles. The lowest BCUT2D eigenvalue weighted by atomic mass is 10.3. The van der Waals surface area contributed by atoms with Crippen molar-refractivity contribution < 1.29 is 0 Å². The van der Waals surface area contributed by atoms with Crippen molar-refractivity contribution in [2.45, 2.75) is 6.92 Å². The Morgan fingerprint density at radius 3 is 2.55 bits per heavy atom. The van der Waals surface area contributed by atoms with Crippen LogP contribution in [0.5, 0.6) is 0 Å². The van der Waals surface area contributed by atoms with Gasteiger partial charge in [0.1, 0.15) is 5.52 Å². The summed E-state index contributed by atoms with van der Waals surface area (Å²) in [4.78, 5) is 18.0. The van der Waals surface area contributed by atoms with Gasteiger partial charge in [0.2, 0.25) is 0 Å². The molecule has 0 unspecified atom stereocenters. The maximum absolute atomic E-state index is 6.29. The van der Waals surface area contributed by atoms with E-state index in [1.807, 2.05) is 13.0 Å². The zero-order valence-electron chi connectivity index (χ0n) is 11.4. The first-order chi connectivity index (χ1) is 9.54. The molecule has 0 bridgehead atoms. The zero-order chi connectivity index (χ0) is 14.3. The van der Waals surface area contributed by atoms with Crippen molar-refractivity contribution >= 4 is 44.5 Å². The number of pyridine rings is 1. The van der Waals surface area contributed by atoms with Gasteiger partial charge in [0.15, 0.2) is 16.6 Å². The van der Waals surface area contributed by atoms with Crippen LogP contribution in [0, 0.1) is 6.92 Å². The summed E-state index contributed by atoms with van der Waals surface area (Å²) >= 11 is 9.75. The second kappa shape index (κ2) is 5.42. The van der Waals surface area contributed by atoms with E-state index in [9.17, 15) is 0 Å². The van der Waals surface area contributed by atoms with Gasteiger partial charge in [-0.2, -0.15) is 0 Å². The summed E-state index contributed by atoms with van der Waals surface area (Å²) in [6.45, 7) is 5.76. The minimum absolute atomic E-state index is 0.444. The molecule has 0 radical (unpaired) electrons. The second-order valence-electron chi connectivity index (χ2n) is 5.03. The largest absolute Gasteiger partial charge is 0.351 e. The fourth-order valence-corrected chi connectivity index (χ4v) is 2.80. The number of rotatable bonds is 1. The van der Waals surface area contributed by atoms with Gasteiger partial charge < -0.3 is 9.80 Å². The van der Waals surface area contributed by atoms with E-state index in [2.05, 4.69) is 47.7 Å². The van der Waals surface area contributed by atoms with Crippen molar-refractivity contribution in [3.63, 3.8) is 0 Å². The molecule has 1 aliphatic heterocycles. The number of nitrogens with zero attached hydrogens (tertiary/aromatic N) is 5. The smallest absolute Gasteiger partial charge is 0.180 e. The van der Waals surface area contributed by atoms with E-state index in [0.29, 0.717) is 16.3 Å². The van der Waals surface area contributed by atoms with Crippen LogP contribution < -0.4 is 4.90 Å². The molecule has 0 atom stereocenters. The van der Waals surface area contributed by atoms with Crippen molar-refractivity contribution in [3.8, 4) is 0 Å². The van der Waals surface area contributed by atoms with Gasteiger partial charge in [-0.1, -0.05) is 11.6 Å². The Kier molecular flexibility index (Phi) is 3.79. The van der Waals surface area contributed by atoms with E-state index in [0.717, 1.165) is 42.2 Å². The Morgan fingerprint density at radius 1 is 1.15 bits per heavy atom. The van der Waals surface area contributed by atoms with Gasteiger partial charge in [0, 0.05) is 30.7 Å². The van der Waals surface area contributed by atoms with Gasteiger partial charge in [0.05, 0.1) is 5.69 Å². The number of anilines is 1. The molecule has 106 valence electrons. The number of aromatic nitrogens is 3. The molecule has 0 saturated carbocycles. The molecule has 2 aromatic rings. The minimum Gasteiger partial charge on any atom is -0.351 e. The number of hydrogen-bond donors (Lipinski definition) is 0. The van der Waals surface area contributed by atoms with Crippen molar-refractivity contribution in [1.29, 1.82) is 0 Å². The molecular formula is C13H15BrClN5. The Balaban J connectivity index is 2.03. The minimum atomic E-state index is 0.444. The zero-order valence-corrected chi connectivity index (χ0v) is 13.7. The van der Waals surface area contributed by atoms with Crippen LogP contribution in [0.2, 0.25) is 5.15 Å². The lowest BCUT2D eigenvalue weighted by Gasteiger charge is -2.33. The molecular weight excluding hydrogens is 342 g/mol. The number of halogens is 2. The number of hydrogen-bond acceptors (Lipinski definition) is 5. The van der Waals surface area contributed by atoms with E-state index >= 15 is 0 Å². The van der Waals surface area contributed by atoms with Crippen LogP contribution in [-0.2, 0) is 0 Å². The Labute approximate surface area is 131 Å². The number of fused-ring (bicyclic) bond motifs is 1. The molecule has 1 saturated heterocycles. The van der Waals surface area contributed by atoms with Gasteiger partial charge in [-0.15, -0.1) is 0 Å². The van der Waals surface area contributed by atoms with E-state index in [4.69, 9.17) is 11.6 Å². The fraction of sp³-hybridized carbons (Fsp3) is 0.462. The molecule has 0 spiro atoms. The van der Waals surface area contributed by atoms with Crippen LogP contribution in [0.15, 0.2) is 10.5 Å². The molecule has 1 fully saturated rings. The first-order valence-electron chi connectivity index (χ1n) is 6.48. The molecule has 0 aromatic carbocycles. The van der Waals surface area contributed by atoms with Crippen molar-refractivity contribution in [1.82, 2.24) is 19.9 Å². The number of likely N-dealkylation sites (N-methyl/N-ethyl adjacent to an activating group) is 1. The molecule has 1 aliphatic rings. The highest BCUT2D eigenvalue weighted by Crippen LogP contribution is 2.27. The third kappa shape index (κ3) is 2.60. The predicted octanol–water partition coefficient (Wildman–Crippen LogP) is 2.50. The van der Waals surface area contributed by atoms with E-state index in [1.165, 1.54) is 0 Å². The Bertz CT molecular complexity index is 655. The SMILES string of the molecule is Cc1nc2nc(N3CCN(C)CC3)c(Cl)nc2cc1Br. The van der Waals surface area contributed by atoms with Crippen molar-refractivity contribution in [2.75, 3.05) is 38.1 Å². The first-order valence-corrected chi connectivity index (χ1v) is 7.65. The lowest BCUT2D eigenvalue weighted by Crippen LogP contribution is -2.45. The molecule has 0 N–H and O–H groups in total. The summed E-state index contributed by atoms with van der Waals surface area (Å²) in [6.07, 6.45) is 0. The fourth-order valence-electron chi connectivity index (χ4n) is 2.24. The molecule has 0 amide bonds. The topological polar surface area (TPSA) is 45.2 Å². The molecule has 5 nitrogen and oxygen atoms in total. The third-order valence-electron chi connectivity index (χ3n) is 3.53. The van der Waals surface area contributed by atoms with E-state index in [1.54, 1.807) is 0 Å². The average molecular weight is 357 g/mol. The standard InChI is InChI=1S/C13H15BrClN5/c1-8-9(14)7-10-12(16-8)18-13(11(15)17-10)20-5-3-19(2)4-6-20/h7H,3-6H2,1-2H3. The summed E-state index contributed by atoms with van der Waals surface area (Å²) in [7, 11) is 2.12. The summed E-state index contributed by atoms with van der Waals surface area (Å²) in [6, 6.07) is 1.91. The van der Waals surface area contributed by atoms with Gasteiger partial charge in [-0.05, 0) is 36.0 Å². The van der Waals surface area contributed by atoms with E-state index in [-0.39, 0.29) is 0 Å². The molecule has 0 aliphatic carbocycles. The molecule has 7 heteroatoms. The average Bonchev–Trinajstić information content (AvgIpc) is 2.41. The number of aryl methyl sites for hydroxylation is 1. The normalized spacial score (nSPS) is 16.9. The van der Waals surface area contributed by atoms with Gasteiger partial charge in [-0.3, -0.25) is 0 Å². The number of piperazine rings is 1. The highest BCUT2D eigenvalue weighted by Gasteiger charge is 2.19. The van der Waals surface area contributed by atoms with Crippen LogP contribution in [0.1, 0.15) is 5.69 Å². The van der Waals surface area contributed by atoms with Gasteiger partial charge in [-0.25, -0.2) is 15.0 Å². The maximum Gasteiger partial charge on any atom is 0.180 e. The first kappa shape index (κ1) is 14.0. The van der Waals surface area contributed by atoms with Gasteiger partial charge >= 0.3 is 0 Å². The summed E-state index contributed by atoms with van der Waals surface area (Å²) in [5, 5.41) is 0.444. The quantitative estimate of drug-likeness (QED) is 0.785. The maximum atomic E-state index is 6.29. The van der Waals surface area contributed by atoms with Crippen LogP contribution in [-0.4, -0.2) is 53.1 Å². The predicted molar refractivity (Wildman–Crippen MR) is 84.5 cm³/mol. The second-order valence-corrected chi connectivity index (χ2v) is 6.24. The van der Waals surface area contributed by atoms with Crippen molar-refractivity contribution in [3.05, 3.63) is 21.4 Å². The van der Waals surface area contributed by atoms with Crippen molar-refractivity contribution in [2.24, 2.45) is 0 Å². The highest BCUT2D eigenvalue weighted by atomic mass is 79.9. The Hall–Kier alpha value is -0.980. The molecule has 3 rings (SSSR count). The van der Waals surface area contributed by atoms with Crippen LogP contribution in [0.25, 0.3) is 11.2 Å². The van der Waals surface area contributed by atoms with Gasteiger partial charge in [0.25, 0.3) is 0 Å². The molecule has 20 heavy (non-hydrogen) atoms. The molecule has 2 aromatic heterocycles. The summed E-state index contributed by atoms with van der Waals surface area (Å²) in [5.41, 5.74) is 2.26. The monoisotopic (exact) mass is 355 g/mol. The Morgan fingerprint density at radius 2 is 1.85 bits per heavy atom. The third-order valence-corrected chi connectivity index (χ3v) is 4.59. The van der Waals surface area contributed by atoms with E-state index < -0.39 is 0 Å². The van der Waals surface area contributed by atoms with Crippen LogP contribution >= 0.6 is 27.5 Å². The summed E-state index contributed by atoms with van der Waals surface area (Å²) in [5.74, 6) is 0.737. The van der Waals surface area contributed by atoms with Crippen LogP contribution in [0.4, 0.5) is 5.82 Å². The highest BCUT2D eigenvalue weighted by molar-refractivity contribution is 9.10. The summed E-state index contributed by atoms with van der Waals surface area (Å²) < 4.78 is 0.919. The van der Waals surface area contributed by atoms with Crippen LogP contribution in [0.3, 0.4) is 0 Å². The lowest BCUT2D eigenvalue weighted by molar-refractivity contribution is 0.312.